The third-order valence-electron chi connectivity index (χ3n) is 3.16. The van der Waals surface area contributed by atoms with Crippen LogP contribution in [0.1, 0.15) is 33.6 Å². The molecule has 4 nitrogen and oxygen atoms in total. The number of carboxylic acid groups (broad SMARTS) is 1. The molecule has 1 aliphatic heterocycles. The maximum absolute atomic E-state index is 10.8. The zero-order valence-corrected chi connectivity index (χ0v) is 10.5. The van der Waals surface area contributed by atoms with E-state index in [0.29, 0.717) is 25.1 Å². The number of carboxylic acids is 1. The van der Waals surface area contributed by atoms with Crippen LogP contribution in [0.5, 0.6) is 0 Å². The van der Waals surface area contributed by atoms with Crippen LogP contribution in [-0.4, -0.2) is 47.8 Å². The van der Waals surface area contributed by atoms with Gasteiger partial charge in [-0.05, 0) is 25.7 Å². The molecular weight excluding hydrogens is 206 g/mol. The van der Waals surface area contributed by atoms with Gasteiger partial charge < -0.3 is 9.84 Å². The first kappa shape index (κ1) is 13.5. The summed E-state index contributed by atoms with van der Waals surface area (Å²) in [5, 5.41) is 8.90. The number of carbonyl (C=O) groups is 1. The van der Waals surface area contributed by atoms with Crippen molar-refractivity contribution in [3.8, 4) is 0 Å². The van der Waals surface area contributed by atoms with Gasteiger partial charge in [0.25, 0.3) is 0 Å². The van der Waals surface area contributed by atoms with Crippen LogP contribution in [0.25, 0.3) is 0 Å². The Morgan fingerprint density at radius 1 is 1.44 bits per heavy atom. The summed E-state index contributed by atoms with van der Waals surface area (Å²) < 4.78 is 5.20. The molecule has 2 unspecified atom stereocenters. The van der Waals surface area contributed by atoms with E-state index >= 15 is 0 Å². The molecule has 0 saturated carbocycles. The largest absolute Gasteiger partial charge is 0.479 e. The lowest BCUT2D eigenvalue weighted by Crippen LogP contribution is -2.49. The molecule has 2 atom stereocenters. The van der Waals surface area contributed by atoms with Crippen LogP contribution in [0, 0.1) is 5.92 Å². The van der Waals surface area contributed by atoms with Crippen LogP contribution in [0.3, 0.4) is 0 Å². The summed E-state index contributed by atoms with van der Waals surface area (Å²) in [6.07, 6.45) is 1.68. The van der Waals surface area contributed by atoms with Crippen molar-refractivity contribution in [2.75, 3.05) is 19.7 Å². The standard InChI is InChI=1S/C12H23NO3/c1-9(2)4-5-10(3)13-6-7-16-11(8-13)12(14)15/h9-11H,4-8H2,1-3H3,(H,14,15). The van der Waals surface area contributed by atoms with E-state index in [9.17, 15) is 4.79 Å². The molecular formula is C12H23NO3. The van der Waals surface area contributed by atoms with Crippen LogP contribution >= 0.6 is 0 Å². The Morgan fingerprint density at radius 2 is 2.12 bits per heavy atom. The zero-order chi connectivity index (χ0) is 12.1. The summed E-state index contributed by atoms with van der Waals surface area (Å²) in [5.74, 6) is -0.139. The number of aliphatic carboxylic acids is 1. The smallest absolute Gasteiger partial charge is 0.334 e. The van der Waals surface area contributed by atoms with Crippen molar-refractivity contribution in [3.63, 3.8) is 0 Å². The third-order valence-corrected chi connectivity index (χ3v) is 3.16. The van der Waals surface area contributed by atoms with Crippen LogP contribution in [0.2, 0.25) is 0 Å². The SMILES string of the molecule is CC(C)CCC(C)N1CCOC(C(=O)O)C1. The van der Waals surface area contributed by atoms with E-state index in [0.717, 1.165) is 13.0 Å². The molecule has 1 heterocycles. The second-order valence-electron chi connectivity index (χ2n) is 5.01. The van der Waals surface area contributed by atoms with Crippen molar-refractivity contribution in [2.45, 2.75) is 45.8 Å². The molecule has 1 fully saturated rings. The summed E-state index contributed by atoms with van der Waals surface area (Å²) in [6, 6.07) is 0.452. The fourth-order valence-electron chi connectivity index (χ4n) is 1.98. The van der Waals surface area contributed by atoms with Crippen molar-refractivity contribution in [1.82, 2.24) is 4.90 Å². The molecule has 4 heteroatoms. The molecule has 0 aromatic heterocycles. The number of rotatable bonds is 5. The molecule has 0 radical (unpaired) electrons. The maximum Gasteiger partial charge on any atom is 0.334 e. The normalized spacial score (nSPS) is 24.6. The number of ether oxygens (including phenoxy) is 1. The van der Waals surface area contributed by atoms with E-state index < -0.39 is 12.1 Å². The van der Waals surface area contributed by atoms with E-state index in [-0.39, 0.29) is 0 Å². The van der Waals surface area contributed by atoms with Gasteiger partial charge in [0.05, 0.1) is 6.61 Å². The summed E-state index contributed by atoms with van der Waals surface area (Å²) in [5.41, 5.74) is 0. The average molecular weight is 229 g/mol. The topological polar surface area (TPSA) is 49.8 Å². The quantitative estimate of drug-likeness (QED) is 0.778. The van der Waals surface area contributed by atoms with Gasteiger partial charge in [0, 0.05) is 19.1 Å². The van der Waals surface area contributed by atoms with E-state index in [1.165, 1.54) is 6.42 Å². The highest BCUT2D eigenvalue weighted by Gasteiger charge is 2.28. The van der Waals surface area contributed by atoms with Gasteiger partial charge in [-0.1, -0.05) is 13.8 Å². The second-order valence-corrected chi connectivity index (χ2v) is 5.01. The predicted molar refractivity (Wildman–Crippen MR) is 62.5 cm³/mol. The zero-order valence-electron chi connectivity index (χ0n) is 10.5. The first-order valence-corrected chi connectivity index (χ1v) is 6.09. The minimum Gasteiger partial charge on any atom is -0.479 e. The lowest BCUT2D eigenvalue weighted by Gasteiger charge is -2.35. The van der Waals surface area contributed by atoms with Gasteiger partial charge in [0.2, 0.25) is 0 Å². The first-order chi connectivity index (χ1) is 7.50. The summed E-state index contributed by atoms with van der Waals surface area (Å²) in [6.45, 7) is 8.51. The molecule has 1 rings (SSSR count). The molecule has 0 aliphatic carbocycles. The molecule has 16 heavy (non-hydrogen) atoms. The van der Waals surface area contributed by atoms with Gasteiger partial charge >= 0.3 is 5.97 Å². The van der Waals surface area contributed by atoms with Gasteiger partial charge in [-0.25, -0.2) is 4.79 Å². The molecule has 1 N–H and O–H groups in total. The highest BCUT2D eigenvalue weighted by molar-refractivity contribution is 5.72. The molecule has 0 bridgehead atoms. The van der Waals surface area contributed by atoms with Crippen molar-refractivity contribution in [2.24, 2.45) is 5.92 Å². The third kappa shape index (κ3) is 4.10. The second kappa shape index (κ2) is 6.21. The molecule has 1 aliphatic rings. The number of morpholine rings is 1. The molecule has 1 saturated heterocycles. The highest BCUT2D eigenvalue weighted by Crippen LogP contribution is 2.15. The molecule has 0 aromatic carbocycles. The monoisotopic (exact) mass is 229 g/mol. The number of hydrogen-bond acceptors (Lipinski definition) is 3. The predicted octanol–water partition coefficient (Wildman–Crippen LogP) is 1.60. The van der Waals surface area contributed by atoms with Crippen molar-refractivity contribution in [1.29, 1.82) is 0 Å². The fraction of sp³-hybridized carbons (Fsp3) is 0.917. The molecule has 0 aromatic rings. The molecule has 0 amide bonds. The summed E-state index contributed by atoms with van der Waals surface area (Å²) in [4.78, 5) is 13.1. The highest BCUT2D eigenvalue weighted by atomic mass is 16.5. The van der Waals surface area contributed by atoms with E-state index in [1.54, 1.807) is 0 Å². The van der Waals surface area contributed by atoms with Gasteiger partial charge in [-0.3, -0.25) is 4.90 Å². The number of hydrogen-bond donors (Lipinski definition) is 1. The Bertz CT molecular complexity index is 230. The van der Waals surface area contributed by atoms with Crippen LogP contribution in [-0.2, 0) is 9.53 Å². The summed E-state index contributed by atoms with van der Waals surface area (Å²) >= 11 is 0. The summed E-state index contributed by atoms with van der Waals surface area (Å²) in [7, 11) is 0. The first-order valence-electron chi connectivity index (χ1n) is 6.09. The Hall–Kier alpha value is -0.610. The lowest BCUT2D eigenvalue weighted by atomic mass is 10.0. The van der Waals surface area contributed by atoms with Crippen molar-refractivity contribution in [3.05, 3.63) is 0 Å². The Balaban J connectivity index is 2.37. The minimum atomic E-state index is -0.847. The average Bonchev–Trinajstić information content (AvgIpc) is 2.26. The van der Waals surface area contributed by atoms with E-state index in [4.69, 9.17) is 9.84 Å². The lowest BCUT2D eigenvalue weighted by molar-refractivity contribution is -0.157. The Morgan fingerprint density at radius 3 is 2.69 bits per heavy atom. The Labute approximate surface area is 97.6 Å². The minimum absolute atomic E-state index is 0.452. The molecule has 0 spiro atoms. The fourth-order valence-corrected chi connectivity index (χ4v) is 1.98. The van der Waals surface area contributed by atoms with E-state index in [2.05, 4.69) is 25.7 Å². The van der Waals surface area contributed by atoms with Gasteiger partial charge in [-0.15, -0.1) is 0 Å². The Kier molecular flexibility index (Phi) is 5.22. The van der Waals surface area contributed by atoms with Gasteiger partial charge in [-0.2, -0.15) is 0 Å². The van der Waals surface area contributed by atoms with Gasteiger partial charge in [0.1, 0.15) is 0 Å². The molecule has 94 valence electrons. The van der Waals surface area contributed by atoms with Crippen LogP contribution < -0.4 is 0 Å². The van der Waals surface area contributed by atoms with Crippen molar-refractivity contribution >= 4 is 5.97 Å². The number of nitrogens with zero attached hydrogens (tertiary/aromatic N) is 1. The van der Waals surface area contributed by atoms with Crippen LogP contribution in [0.15, 0.2) is 0 Å². The maximum atomic E-state index is 10.8. The van der Waals surface area contributed by atoms with Crippen LogP contribution in [0.4, 0.5) is 0 Å². The van der Waals surface area contributed by atoms with E-state index in [1.807, 2.05) is 0 Å². The van der Waals surface area contributed by atoms with Crippen molar-refractivity contribution < 1.29 is 14.6 Å². The van der Waals surface area contributed by atoms with Gasteiger partial charge in [0.15, 0.2) is 6.10 Å².